The molecule has 1 rings (SSSR count). The summed E-state index contributed by atoms with van der Waals surface area (Å²) in [6, 6.07) is 2.65. The van der Waals surface area contributed by atoms with Crippen molar-refractivity contribution < 1.29 is 18.1 Å². The quantitative estimate of drug-likeness (QED) is 0.476. The fourth-order valence-corrected chi connectivity index (χ4v) is 1.53. The number of unbranched alkanes of at least 4 members (excludes halogenated alkanes) is 1. The van der Waals surface area contributed by atoms with E-state index in [-0.39, 0.29) is 5.69 Å². The predicted molar refractivity (Wildman–Crippen MR) is 64.9 cm³/mol. The summed E-state index contributed by atoms with van der Waals surface area (Å²) >= 11 is 0. The summed E-state index contributed by atoms with van der Waals surface area (Å²) in [5.74, 6) is 0. The summed E-state index contributed by atoms with van der Waals surface area (Å²) in [6.45, 7) is 0.798. The summed E-state index contributed by atoms with van der Waals surface area (Å²) in [7, 11) is 0. The summed E-state index contributed by atoms with van der Waals surface area (Å²) in [6.07, 6.45) is -3.31. The molecule has 8 heteroatoms. The Kier molecular flexibility index (Phi) is 5.11. The van der Waals surface area contributed by atoms with E-state index >= 15 is 0 Å². The highest BCUT2D eigenvalue weighted by Gasteiger charge is 2.35. The van der Waals surface area contributed by atoms with Gasteiger partial charge >= 0.3 is 6.18 Å². The Bertz CT molecular complexity index is 449. The third-order valence-corrected chi connectivity index (χ3v) is 2.47. The van der Waals surface area contributed by atoms with Gasteiger partial charge < -0.3 is 11.1 Å². The lowest BCUT2D eigenvalue weighted by Gasteiger charge is -2.14. The van der Waals surface area contributed by atoms with Gasteiger partial charge in [-0.3, -0.25) is 10.1 Å². The molecule has 0 aromatic heterocycles. The van der Waals surface area contributed by atoms with Gasteiger partial charge in [0.2, 0.25) is 0 Å². The van der Waals surface area contributed by atoms with Crippen LogP contribution in [-0.4, -0.2) is 18.0 Å². The molecule has 0 bridgehead atoms. The molecule has 0 aliphatic rings. The molecule has 0 aliphatic heterocycles. The van der Waals surface area contributed by atoms with Crippen molar-refractivity contribution in [1.29, 1.82) is 0 Å². The third-order valence-electron chi connectivity index (χ3n) is 2.47. The van der Waals surface area contributed by atoms with Gasteiger partial charge in [-0.25, -0.2) is 0 Å². The van der Waals surface area contributed by atoms with Crippen LogP contribution in [-0.2, 0) is 6.18 Å². The molecule has 0 unspecified atom stereocenters. The second-order valence-electron chi connectivity index (χ2n) is 3.91. The maximum Gasteiger partial charge on any atom is 0.418 e. The summed E-state index contributed by atoms with van der Waals surface area (Å²) in [5.41, 5.74) is 3.50. The van der Waals surface area contributed by atoms with Gasteiger partial charge in [0, 0.05) is 24.4 Å². The Morgan fingerprint density at radius 1 is 1.32 bits per heavy atom. The first-order chi connectivity index (χ1) is 8.86. The number of anilines is 1. The Hall–Kier alpha value is -1.83. The molecule has 106 valence electrons. The van der Waals surface area contributed by atoms with Gasteiger partial charge in [-0.2, -0.15) is 13.2 Å². The van der Waals surface area contributed by atoms with Crippen LogP contribution in [0, 0.1) is 10.1 Å². The van der Waals surface area contributed by atoms with E-state index in [2.05, 4.69) is 5.32 Å². The molecule has 1 aromatic carbocycles. The largest absolute Gasteiger partial charge is 0.418 e. The lowest BCUT2D eigenvalue weighted by molar-refractivity contribution is -0.385. The van der Waals surface area contributed by atoms with Crippen molar-refractivity contribution in [2.45, 2.75) is 19.0 Å². The number of nitrogens with one attached hydrogen (secondary N) is 1. The fourth-order valence-electron chi connectivity index (χ4n) is 1.53. The van der Waals surface area contributed by atoms with E-state index in [1.165, 1.54) is 0 Å². The second kappa shape index (κ2) is 6.37. The van der Waals surface area contributed by atoms with Crippen LogP contribution in [0.15, 0.2) is 18.2 Å². The number of nitro benzene ring substituents is 1. The molecule has 5 nitrogen and oxygen atoms in total. The Morgan fingerprint density at radius 2 is 2.00 bits per heavy atom. The van der Waals surface area contributed by atoms with Crippen LogP contribution in [0.25, 0.3) is 0 Å². The maximum atomic E-state index is 12.8. The van der Waals surface area contributed by atoms with Gasteiger partial charge in [-0.05, 0) is 25.5 Å². The van der Waals surface area contributed by atoms with Crippen LogP contribution in [0.1, 0.15) is 18.4 Å². The highest BCUT2D eigenvalue weighted by molar-refractivity contribution is 5.57. The minimum atomic E-state index is -4.64. The molecular weight excluding hydrogens is 263 g/mol. The number of benzene rings is 1. The van der Waals surface area contributed by atoms with E-state index in [4.69, 9.17) is 5.73 Å². The molecule has 0 amide bonds. The van der Waals surface area contributed by atoms with Crippen LogP contribution in [0.4, 0.5) is 24.5 Å². The van der Waals surface area contributed by atoms with Crippen molar-refractivity contribution in [3.8, 4) is 0 Å². The zero-order valence-corrected chi connectivity index (χ0v) is 10.0. The van der Waals surface area contributed by atoms with Crippen LogP contribution >= 0.6 is 0 Å². The number of rotatable bonds is 6. The number of hydrogen-bond donors (Lipinski definition) is 2. The van der Waals surface area contributed by atoms with Crippen molar-refractivity contribution in [3.63, 3.8) is 0 Å². The van der Waals surface area contributed by atoms with Crippen LogP contribution < -0.4 is 11.1 Å². The van der Waals surface area contributed by atoms with Crippen molar-refractivity contribution in [3.05, 3.63) is 33.9 Å². The second-order valence-corrected chi connectivity index (χ2v) is 3.91. The smallest absolute Gasteiger partial charge is 0.385 e. The van der Waals surface area contributed by atoms with E-state index in [1.54, 1.807) is 0 Å². The molecular formula is C11H14F3N3O2. The average Bonchev–Trinajstić information content (AvgIpc) is 2.33. The van der Waals surface area contributed by atoms with Gasteiger partial charge in [0.05, 0.1) is 10.5 Å². The first kappa shape index (κ1) is 15.2. The van der Waals surface area contributed by atoms with E-state index in [0.29, 0.717) is 32.0 Å². The summed E-state index contributed by atoms with van der Waals surface area (Å²) < 4.78 is 38.4. The number of nitrogens with two attached hydrogens (primary N) is 1. The number of hydrogen-bond acceptors (Lipinski definition) is 4. The molecule has 0 aliphatic carbocycles. The minimum absolute atomic E-state index is 0.157. The normalized spacial score (nSPS) is 11.4. The summed E-state index contributed by atoms with van der Waals surface area (Å²) in [5, 5.41) is 13.1. The first-order valence-electron chi connectivity index (χ1n) is 5.66. The van der Waals surface area contributed by atoms with E-state index in [1.807, 2.05) is 0 Å². The fraction of sp³-hybridized carbons (Fsp3) is 0.455. The maximum absolute atomic E-state index is 12.8. The van der Waals surface area contributed by atoms with Gasteiger partial charge in [-0.1, -0.05) is 0 Å². The van der Waals surface area contributed by atoms with Crippen molar-refractivity contribution in [2.24, 2.45) is 5.73 Å². The van der Waals surface area contributed by atoms with Crippen molar-refractivity contribution >= 4 is 11.4 Å². The third kappa shape index (κ3) is 4.40. The monoisotopic (exact) mass is 277 g/mol. The Morgan fingerprint density at radius 3 is 2.53 bits per heavy atom. The van der Waals surface area contributed by atoms with Crippen LogP contribution in [0.2, 0.25) is 0 Å². The zero-order valence-electron chi connectivity index (χ0n) is 10.0. The average molecular weight is 277 g/mol. The molecule has 3 N–H and O–H groups in total. The number of alkyl halides is 3. The number of halogens is 3. The SMILES string of the molecule is NCCCCNc1ccc([N+](=O)[O-])cc1C(F)(F)F. The van der Waals surface area contributed by atoms with E-state index in [9.17, 15) is 23.3 Å². The molecule has 0 fully saturated rings. The van der Waals surface area contributed by atoms with Crippen LogP contribution in [0.3, 0.4) is 0 Å². The molecule has 1 aromatic rings. The predicted octanol–water partition coefficient (Wildman–Crippen LogP) is 2.76. The Labute approximate surface area is 107 Å². The highest BCUT2D eigenvalue weighted by Crippen LogP contribution is 2.37. The number of nitrogens with zero attached hydrogens (tertiary/aromatic N) is 1. The lowest BCUT2D eigenvalue weighted by atomic mass is 10.1. The van der Waals surface area contributed by atoms with Crippen molar-refractivity contribution in [1.82, 2.24) is 0 Å². The molecule has 0 saturated heterocycles. The molecule has 0 radical (unpaired) electrons. The topological polar surface area (TPSA) is 81.2 Å². The highest BCUT2D eigenvalue weighted by atomic mass is 19.4. The van der Waals surface area contributed by atoms with Crippen LogP contribution in [0.5, 0.6) is 0 Å². The minimum Gasteiger partial charge on any atom is -0.385 e. The lowest BCUT2D eigenvalue weighted by Crippen LogP contribution is -2.13. The van der Waals surface area contributed by atoms with E-state index < -0.39 is 22.4 Å². The zero-order chi connectivity index (χ0) is 14.5. The van der Waals surface area contributed by atoms with Crippen molar-refractivity contribution in [2.75, 3.05) is 18.4 Å². The van der Waals surface area contributed by atoms with Gasteiger partial charge in [0.15, 0.2) is 0 Å². The van der Waals surface area contributed by atoms with Gasteiger partial charge in [0.25, 0.3) is 5.69 Å². The number of nitro groups is 1. The van der Waals surface area contributed by atoms with E-state index in [0.717, 1.165) is 12.1 Å². The van der Waals surface area contributed by atoms with Gasteiger partial charge in [-0.15, -0.1) is 0 Å². The molecule has 19 heavy (non-hydrogen) atoms. The van der Waals surface area contributed by atoms with Gasteiger partial charge in [0.1, 0.15) is 0 Å². The molecule has 0 saturated carbocycles. The molecule has 0 heterocycles. The summed E-state index contributed by atoms with van der Waals surface area (Å²) in [4.78, 5) is 9.64. The number of non-ortho nitro benzene ring substituents is 1. The molecule has 0 atom stereocenters. The Balaban J connectivity index is 2.93. The molecule has 0 spiro atoms. The first-order valence-corrected chi connectivity index (χ1v) is 5.66. The standard InChI is InChI=1S/C11H14F3N3O2/c12-11(13,14)9-7-8(17(18)19)3-4-10(9)16-6-2-1-5-15/h3-4,7,16H,1-2,5-6,15H2.